The van der Waals surface area contributed by atoms with Gasteiger partial charge in [-0.1, -0.05) is 0 Å². The van der Waals surface area contributed by atoms with E-state index in [-0.39, 0.29) is 5.97 Å². The fourth-order valence-corrected chi connectivity index (χ4v) is 2.84. The maximum absolute atomic E-state index is 12.0. The summed E-state index contributed by atoms with van der Waals surface area (Å²) in [5, 5.41) is 2.79. The minimum absolute atomic E-state index is 0.253. The van der Waals surface area contributed by atoms with Crippen LogP contribution in [0.1, 0.15) is 26.5 Å². The first-order valence-electron chi connectivity index (χ1n) is 6.76. The Morgan fingerprint density at radius 1 is 1.29 bits per heavy atom. The summed E-state index contributed by atoms with van der Waals surface area (Å²) in [6, 6.07) is 7.71. The van der Waals surface area contributed by atoms with Crippen LogP contribution in [0.2, 0.25) is 0 Å². The molecule has 21 heavy (non-hydrogen) atoms. The summed E-state index contributed by atoms with van der Waals surface area (Å²) in [5.74, 6) is 0.555. The summed E-state index contributed by atoms with van der Waals surface area (Å²) in [4.78, 5) is 16.6. The first-order valence-corrected chi connectivity index (χ1v) is 7.64. The zero-order chi connectivity index (χ0) is 15.5. The topological polar surface area (TPSA) is 48.4 Å². The van der Waals surface area contributed by atoms with Gasteiger partial charge in [0.25, 0.3) is 0 Å². The molecule has 4 nitrogen and oxygen atoms in total. The molecule has 0 spiro atoms. The molecule has 0 aliphatic heterocycles. The number of benzene rings is 1. The van der Waals surface area contributed by atoms with Crippen LogP contribution in [-0.2, 0) is 14.9 Å². The van der Waals surface area contributed by atoms with Gasteiger partial charge < -0.3 is 9.47 Å². The highest BCUT2D eigenvalue weighted by Crippen LogP contribution is 2.31. The van der Waals surface area contributed by atoms with Crippen molar-refractivity contribution >= 4 is 17.3 Å². The van der Waals surface area contributed by atoms with E-state index in [1.165, 1.54) is 11.3 Å². The Morgan fingerprint density at radius 3 is 2.52 bits per heavy atom. The van der Waals surface area contributed by atoms with Crippen molar-refractivity contribution in [1.29, 1.82) is 0 Å². The van der Waals surface area contributed by atoms with Crippen LogP contribution in [-0.4, -0.2) is 24.7 Å². The normalized spacial score (nSPS) is 11.2. The van der Waals surface area contributed by atoms with E-state index >= 15 is 0 Å². The Bertz CT molecular complexity index is 617. The summed E-state index contributed by atoms with van der Waals surface area (Å²) in [5.41, 5.74) is 1.00. The number of methoxy groups -OCH3 is 1. The predicted molar refractivity (Wildman–Crippen MR) is 83.8 cm³/mol. The molecule has 0 saturated heterocycles. The van der Waals surface area contributed by atoms with Gasteiger partial charge in [0.2, 0.25) is 0 Å². The third-order valence-electron chi connectivity index (χ3n) is 3.27. The van der Waals surface area contributed by atoms with E-state index in [4.69, 9.17) is 9.47 Å². The number of carbonyl (C=O) groups is 1. The molecule has 0 aliphatic rings. The average molecular weight is 305 g/mol. The molecule has 2 rings (SSSR count). The van der Waals surface area contributed by atoms with Crippen molar-refractivity contribution in [3.8, 4) is 16.3 Å². The molecule has 2 aromatic rings. The van der Waals surface area contributed by atoms with Gasteiger partial charge >= 0.3 is 5.97 Å². The fraction of sp³-hybridized carbons (Fsp3) is 0.375. The van der Waals surface area contributed by atoms with Crippen LogP contribution in [0.3, 0.4) is 0 Å². The third-order valence-corrected chi connectivity index (χ3v) is 4.16. The number of thiazole rings is 1. The monoisotopic (exact) mass is 305 g/mol. The van der Waals surface area contributed by atoms with Gasteiger partial charge in [0.05, 0.1) is 19.4 Å². The quantitative estimate of drug-likeness (QED) is 0.791. The van der Waals surface area contributed by atoms with Crippen molar-refractivity contribution in [1.82, 2.24) is 4.98 Å². The van der Waals surface area contributed by atoms with E-state index in [2.05, 4.69) is 4.98 Å². The number of hydrogen-bond donors (Lipinski definition) is 0. The van der Waals surface area contributed by atoms with Gasteiger partial charge in [-0.05, 0) is 45.0 Å². The van der Waals surface area contributed by atoms with Gasteiger partial charge in [-0.3, -0.25) is 4.79 Å². The summed E-state index contributed by atoms with van der Waals surface area (Å²) >= 11 is 1.52. The molecule has 1 aromatic heterocycles. The molecule has 1 aromatic carbocycles. The van der Waals surface area contributed by atoms with Crippen molar-refractivity contribution in [3.63, 3.8) is 0 Å². The zero-order valence-corrected chi connectivity index (χ0v) is 13.5. The number of esters is 1. The lowest BCUT2D eigenvalue weighted by Gasteiger charge is -2.19. The van der Waals surface area contributed by atoms with Gasteiger partial charge in [0.15, 0.2) is 0 Å². The molecule has 0 unspecified atom stereocenters. The Morgan fingerprint density at radius 2 is 1.95 bits per heavy atom. The van der Waals surface area contributed by atoms with Gasteiger partial charge in [0.1, 0.15) is 16.2 Å². The van der Waals surface area contributed by atoms with Gasteiger partial charge in [-0.15, -0.1) is 11.3 Å². The van der Waals surface area contributed by atoms with Crippen LogP contribution < -0.4 is 4.74 Å². The molecule has 0 saturated carbocycles. The second-order valence-corrected chi connectivity index (χ2v) is 5.97. The van der Waals surface area contributed by atoms with Gasteiger partial charge in [0, 0.05) is 10.9 Å². The number of carbonyl (C=O) groups excluding carboxylic acids is 1. The van der Waals surface area contributed by atoms with Crippen LogP contribution in [0, 0.1) is 0 Å². The second kappa shape index (κ2) is 6.26. The summed E-state index contributed by atoms with van der Waals surface area (Å²) in [7, 11) is 1.64. The molecule has 0 fully saturated rings. The van der Waals surface area contributed by atoms with Crippen LogP contribution >= 0.6 is 11.3 Å². The highest BCUT2D eigenvalue weighted by Gasteiger charge is 2.33. The second-order valence-electron chi connectivity index (χ2n) is 5.11. The zero-order valence-electron chi connectivity index (χ0n) is 12.7. The van der Waals surface area contributed by atoms with Crippen LogP contribution in [0.25, 0.3) is 10.6 Å². The molecule has 0 amide bonds. The molecule has 1 heterocycles. The highest BCUT2D eigenvalue weighted by atomic mass is 32.1. The minimum Gasteiger partial charge on any atom is -0.497 e. The number of ether oxygens (including phenoxy) is 2. The van der Waals surface area contributed by atoms with E-state index in [9.17, 15) is 4.79 Å². The summed E-state index contributed by atoms with van der Waals surface area (Å²) in [6.45, 7) is 5.84. The van der Waals surface area contributed by atoms with Crippen molar-refractivity contribution in [2.24, 2.45) is 0 Å². The summed E-state index contributed by atoms with van der Waals surface area (Å²) < 4.78 is 10.3. The molecule has 0 atom stereocenters. The van der Waals surface area contributed by atoms with Crippen molar-refractivity contribution in [2.45, 2.75) is 26.2 Å². The van der Waals surface area contributed by atoms with Gasteiger partial charge in [-0.2, -0.15) is 0 Å². The van der Waals surface area contributed by atoms with Crippen LogP contribution in [0.5, 0.6) is 5.75 Å². The van der Waals surface area contributed by atoms with E-state index in [0.29, 0.717) is 6.61 Å². The van der Waals surface area contributed by atoms with E-state index in [1.54, 1.807) is 14.0 Å². The smallest absolute Gasteiger partial charge is 0.317 e. The molecule has 112 valence electrons. The molecule has 0 N–H and O–H groups in total. The lowest BCUT2D eigenvalue weighted by molar-refractivity contribution is -0.148. The van der Waals surface area contributed by atoms with Crippen LogP contribution in [0.4, 0.5) is 0 Å². The maximum atomic E-state index is 12.0. The maximum Gasteiger partial charge on any atom is 0.317 e. The fourth-order valence-electron chi connectivity index (χ4n) is 1.84. The molecule has 0 bridgehead atoms. The number of rotatable bonds is 5. The molecular weight excluding hydrogens is 286 g/mol. The minimum atomic E-state index is -0.739. The Hall–Kier alpha value is -1.88. The lowest BCUT2D eigenvalue weighted by atomic mass is 9.90. The largest absolute Gasteiger partial charge is 0.497 e. The molecule has 0 aliphatic carbocycles. The summed E-state index contributed by atoms with van der Waals surface area (Å²) in [6.07, 6.45) is 0. The van der Waals surface area contributed by atoms with Crippen molar-refractivity contribution in [3.05, 3.63) is 35.3 Å². The first-order chi connectivity index (χ1) is 9.98. The Kier molecular flexibility index (Phi) is 4.63. The van der Waals surface area contributed by atoms with Gasteiger partial charge in [-0.25, -0.2) is 4.98 Å². The van der Waals surface area contributed by atoms with E-state index in [0.717, 1.165) is 22.0 Å². The van der Waals surface area contributed by atoms with Crippen LogP contribution in [0.15, 0.2) is 29.6 Å². The first kappa shape index (κ1) is 15.5. The lowest BCUT2D eigenvalue weighted by Crippen LogP contribution is -2.31. The van der Waals surface area contributed by atoms with Crippen molar-refractivity contribution in [2.75, 3.05) is 13.7 Å². The average Bonchev–Trinajstić information content (AvgIpc) is 2.98. The number of nitrogens with zero attached hydrogens (tertiary/aromatic N) is 1. The van der Waals surface area contributed by atoms with Crippen molar-refractivity contribution < 1.29 is 14.3 Å². The number of hydrogen-bond acceptors (Lipinski definition) is 5. The Balaban J connectivity index is 2.26. The van der Waals surface area contributed by atoms with E-state index in [1.807, 2.05) is 43.5 Å². The molecular formula is C16H19NO3S. The predicted octanol–water partition coefficient (Wildman–Crippen LogP) is 3.66. The molecule has 5 heteroatoms. The standard InChI is InChI=1S/C16H19NO3S/c1-5-20-15(18)16(2,3)13-10-21-14(17-13)11-6-8-12(19-4)9-7-11/h6-10H,5H2,1-4H3. The third kappa shape index (κ3) is 3.24. The number of aromatic nitrogens is 1. The SMILES string of the molecule is CCOC(=O)C(C)(C)c1csc(-c2ccc(OC)cc2)n1. The molecule has 0 radical (unpaired) electrons. The highest BCUT2D eigenvalue weighted by molar-refractivity contribution is 7.13. The van der Waals surface area contributed by atoms with E-state index < -0.39 is 5.41 Å². The Labute approximate surface area is 128 Å².